The third kappa shape index (κ3) is 4.14. The number of para-hydroxylation sites is 1. The van der Waals surface area contributed by atoms with Gasteiger partial charge in [-0.3, -0.25) is 4.79 Å². The fourth-order valence-electron chi connectivity index (χ4n) is 4.44. The van der Waals surface area contributed by atoms with Crippen LogP contribution < -0.4 is 9.47 Å². The van der Waals surface area contributed by atoms with Crippen molar-refractivity contribution in [1.29, 1.82) is 0 Å². The molecule has 5 rings (SSSR count). The van der Waals surface area contributed by atoms with Gasteiger partial charge in [-0.2, -0.15) is 0 Å². The Kier molecular flexibility index (Phi) is 5.36. The summed E-state index contributed by atoms with van der Waals surface area (Å²) in [5.41, 5.74) is 4.77. The second-order valence-corrected chi connectivity index (χ2v) is 9.98. The first-order chi connectivity index (χ1) is 16.6. The second-order valence-electron chi connectivity index (χ2n) is 9.98. The van der Waals surface area contributed by atoms with Crippen LogP contribution in [0.1, 0.15) is 58.2 Å². The molecule has 0 bridgehead atoms. The zero-order valence-electron chi connectivity index (χ0n) is 20.5. The zero-order valence-corrected chi connectivity index (χ0v) is 20.5. The maximum atomic E-state index is 13.1. The number of ether oxygens (including phenoxy) is 2. The predicted octanol–water partition coefficient (Wildman–Crippen LogP) is 6.62. The molecule has 1 aromatic heterocycles. The van der Waals surface area contributed by atoms with Crippen molar-refractivity contribution in [3.63, 3.8) is 0 Å². The van der Waals surface area contributed by atoms with Gasteiger partial charge in [-0.05, 0) is 53.8 Å². The summed E-state index contributed by atoms with van der Waals surface area (Å²) in [6.07, 6.45) is 3.74. The van der Waals surface area contributed by atoms with Crippen LogP contribution in [0, 0.1) is 6.92 Å². The molecule has 0 amide bonds. The van der Waals surface area contributed by atoms with Crippen molar-refractivity contribution in [2.75, 3.05) is 0 Å². The second kappa shape index (κ2) is 8.27. The molecule has 3 aromatic carbocycles. The third-order valence-electron chi connectivity index (χ3n) is 6.36. The van der Waals surface area contributed by atoms with E-state index in [0.717, 1.165) is 22.0 Å². The molecule has 0 unspecified atom stereocenters. The number of carbonyl (C=O) groups is 2. The van der Waals surface area contributed by atoms with Gasteiger partial charge in [0, 0.05) is 35.8 Å². The van der Waals surface area contributed by atoms with Gasteiger partial charge in [-0.1, -0.05) is 51.1 Å². The maximum absolute atomic E-state index is 13.1. The first-order valence-corrected chi connectivity index (χ1v) is 11.6. The van der Waals surface area contributed by atoms with Crippen LogP contribution in [-0.4, -0.2) is 16.3 Å². The largest absolute Gasteiger partial charge is 0.452 e. The standard InChI is InChI=1S/C30H27NO4/c1-18-14-22(34-29(33)19-10-12-21(13-11-19)30(2,3)4)16-25-27(18)28(32)26(35-25)15-20-17-31(5)24-9-7-6-8-23(20)24/h6-17H,1-5H3/b26-15-. The Bertz CT molecular complexity index is 1510. The van der Waals surface area contributed by atoms with Crippen LogP contribution in [0.3, 0.4) is 0 Å². The molecular weight excluding hydrogens is 438 g/mol. The Morgan fingerprint density at radius 2 is 1.74 bits per heavy atom. The molecule has 0 saturated heterocycles. The molecule has 0 aliphatic carbocycles. The Morgan fingerprint density at radius 3 is 2.46 bits per heavy atom. The number of nitrogens with zero attached hydrogens (tertiary/aromatic N) is 1. The van der Waals surface area contributed by atoms with Crippen LogP contribution in [0.2, 0.25) is 0 Å². The van der Waals surface area contributed by atoms with E-state index in [0.29, 0.717) is 28.2 Å². The average molecular weight is 466 g/mol. The smallest absolute Gasteiger partial charge is 0.343 e. The Labute approximate surface area is 204 Å². The molecule has 0 atom stereocenters. The monoisotopic (exact) mass is 465 g/mol. The summed E-state index contributed by atoms with van der Waals surface area (Å²) in [5, 5.41) is 1.04. The fourth-order valence-corrected chi connectivity index (χ4v) is 4.44. The van der Waals surface area contributed by atoms with Crippen molar-refractivity contribution in [2.45, 2.75) is 33.1 Å². The summed E-state index contributed by atoms with van der Waals surface area (Å²) in [5.74, 6) is 0.347. The Balaban J connectivity index is 1.41. The number of aryl methyl sites for hydroxylation is 2. The lowest BCUT2D eigenvalue weighted by Crippen LogP contribution is -2.13. The highest BCUT2D eigenvalue weighted by Crippen LogP contribution is 2.38. The number of hydrogen-bond acceptors (Lipinski definition) is 4. The van der Waals surface area contributed by atoms with Gasteiger partial charge in [0.15, 0.2) is 5.76 Å². The minimum absolute atomic E-state index is 0.000665. The van der Waals surface area contributed by atoms with E-state index in [1.807, 2.05) is 61.1 Å². The molecule has 5 nitrogen and oxygen atoms in total. The first-order valence-electron chi connectivity index (χ1n) is 11.6. The van der Waals surface area contributed by atoms with E-state index in [4.69, 9.17) is 9.47 Å². The predicted molar refractivity (Wildman–Crippen MR) is 137 cm³/mol. The van der Waals surface area contributed by atoms with E-state index in [9.17, 15) is 9.59 Å². The molecule has 5 heteroatoms. The summed E-state index contributed by atoms with van der Waals surface area (Å²) >= 11 is 0. The van der Waals surface area contributed by atoms with Gasteiger partial charge >= 0.3 is 5.97 Å². The lowest BCUT2D eigenvalue weighted by molar-refractivity contribution is 0.0734. The summed E-state index contributed by atoms with van der Waals surface area (Å²) in [6, 6.07) is 18.7. The SMILES string of the molecule is Cc1cc(OC(=O)c2ccc(C(C)(C)C)cc2)cc2c1C(=O)/C(=C/c1cn(C)c3ccccc13)O2. The lowest BCUT2D eigenvalue weighted by atomic mass is 9.87. The number of Topliss-reactive ketones (excluding diaryl/α,β-unsaturated/α-hetero) is 1. The van der Waals surface area contributed by atoms with Gasteiger partial charge in [0.05, 0.1) is 11.1 Å². The van der Waals surface area contributed by atoms with E-state index in [1.54, 1.807) is 30.3 Å². The van der Waals surface area contributed by atoms with E-state index in [-0.39, 0.29) is 17.0 Å². The van der Waals surface area contributed by atoms with E-state index in [1.165, 1.54) is 0 Å². The van der Waals surface area contributed by atoms with Gasteiger partial charge in [0.2, 0.25) is 5.78 Å². The summed E-state index contributed by atoms with van der Waals surface area (Å²) in [4.78, 5) is 25.9. The number of esters is 1. The molecule has 1 aliphatic rings. The van der Waals surface area contributed by atoms with Gasteiger partial charge in [-0.25, -0.2) is 4.79 Å². The number of allylic oxidation sites excluding steroid dienone is 1. The summed E-state index contributed by atoms with van der Waals surface area (Å²) < 4.78 is 13.6. The van der Waals surface area contributed by atoms with Crippen molar-refractivity contribution in [3.8, 4) is 11.5 Å². The molecule has 0 radical (unpaired) electrons. The number of rotatable bonds is 3. The zero-order chi connectivity index (χ0) is 24.9. The van der Waals surface area contributed by atoms with Crippen LogP contribution >= 0.6 is 0 Å². The van der Waals surface area contributed by atoms with Crippen LogP contribution in [-0.2, 0) is 12.5 Å². The molecule has 0 spiro atoms. The molecule has 4 aromatic rings. The Hall–Kier alpha value is -4.12. The molecule has 0 N–H and O–H groups in total. The average Bonchev–Trinajstić information content (AvgIpc) is 3.30. The molecule has 2 heterocycles. The van der Waals surface area contributed by atoms with Crippen LogP contribution in [0.25, 0.3) is 17.0 Å². The lowest BCUT2D eigenvalue weighted by Gasteiger charge is -2.18. The minimum atomic E-state index is -0.458. The normalized spacial score (nSPS) is 14.3. The van der Waals surface area contributed by atoms with Crippen molar-refractivity contribution >= 4 is 28.7 Å². The molecular formula is C30H27NO4. The quantitative estimate of drug-likeness (QED) is 0.194. The summed E-state index contributed by atoms with van der Waals surface area (Å²) in [7, 11) is 1.97. The van der Waals surface area contributed by atoms with Crippen LogP contribution in [0.15, 0.2) is 72.6 Å². The summed E-state index contributed by atoms with van der Waals surface area (Å²) in [6.45, 7) is 8.18. The molecule has 0 saturated carbocycles. The van der Waals surface area contributed by atoms with E-state index >= 15 is 0 Å². The number of fused-ring (bicyclic) bond motifs is 2. The van der Waals surface area contributed by atoms with E-state index < -0.39 is 5.97 Å². The number of hydrogen-bond donors (Lipinski definition) is 0. The highest BCUT2D eigenvalue weighted by Gasteiger charge is 2.30. The van der Waals surface area contributed by atoms with Crippen molar-refractivity contribution in [2.24, 2.45) is 7.05 Å². The Morgan fingerprint density at radius 1 is 1.03 bits per heavy atom. The van der Waals surface area contributed by atoms with Crippen molar-refractivity contribution in [3.05, 3.63) is 100 Å². The topological polar surface area (TPSA) is 57.5 Å². The van der Waals surface area contributed by atoms with Crippen molar-refractivity contribution in [1.82, 2.24) is 4.57 Å². The first kappa shape index (κ1) is 22.7. The fraction of sp³-hybridized carbons (Fsp3) is 0.200. The van der Waals surface area contributed by atoms with Crippen LogP contribution in [0.4, 0.5) is 0 Å². The van der Waals surface area contributed by atoms with Gasteiger partial charge < -0.3 is 14.0 Å². The molecule has 1 aliphatic heterocycles. The maximum Gasteiger partial charge on any atom is 0.343 e. The minimum Gasteiger partial charge on any atom is -0.452 e. The third-order valence-corrected chi connectivity index (χ3v) is 6.36. The van der Waals surface area contributed by atoms with Crippen molar-refractivity contribution < 1.29 is 19.1 Å². The number of aromatic nitrogens is 1. The number of carbonyl (C=O) groups excluding carboxylic acids is 2. The van der Waals surface area contributed by atoms with Gasteiger partial charge in [0.1, 0.15) is 11.5 Å². The highest BCUT2D eigenvalue weighted by molar-refractivity contribution is 6.16. The molecule has 176 valence electrons. The van der Waals surface area contributed by atoms with Gasteiger partial charge in [0.25, 0.3) is 0 Å². The molecule has 0 fully saturated rings. The highest BCUT2D eigenvalue weighted by atomic mass is 16.5. The van der Waals surface area contributed by atoms with E-state index in [2.05, 4.69) is 20.8 Å². The van der Waals surface area contributed by atoms with Gasteiger partial charge in [-0.15, -0.1) is 0 Å². The number of ketones is 1. The van der Waals surface area contributed by atoms with Crippen LogP contribution in [0.5, 0.6) is 11.5 Å². The molecule has 35 heavy (non-hydrogen) atoms. The number of benzene rings is 3.